The molecule has 0 unspecified atom stereocenters. The van der Waals surface area contributed by atoms with E-state index in [9.17, 15) is 4.79 Å². The third-order valence-electron chi connectivity index (χ3n) is 3.91. The predicted octanol–water partition coefficient (Wildman–Crippen LogP) is 3.05. The average molecular weight is 331 g/mol. The van der Waals surface area contributed by atoms with Gasteiger partial charge in [-0.15, -0.1) is 0 Å². The lowest BCUT2D eigenvalue weighted by Crippen LogP contribution is -2.32. The average Bonchev–Trinajstić information content (AvgIpc) is 2.62. The number of aromatic nitrogens is 2. The highest BCUT2D eigenvalue weighted by Gasteiger charge is 2.15. The van der Waals surface area contributed by atoms with E-state index in [1.165, 1.54) is 6.42 Å². The van der Waals surface area contributed by atoms with Crippen molar-refractivity contribution in [3.8, 4) is 0 Å². The molecule has 120 valence electrons. The monoisotopic (exact) mass is 330 g/mol. The van der Waals surface area contributed by atoms with Gasteiger partial charge in [-0.05, 0) is 37.0 Å². The van der Waals surface area contributed by atoms with Crippen molar-refractivity contribution in [2.45, 2.75) is 25.8 Å². The van der Waals surface area contributed by atoms with Gasteiger partial charge in [0.25, 0.3) is 5.91 Å². The second kappa shape index (κ2) is 7.42. The van der Waals surface area contributed by atoms with E-state index in [1.54, 1.807) is 12.3 Å². The fraction of sp³-hybridized carbons (Fsp3) is 0.353. The lowest BCUT2D eigenvalue weighted by atomic mass is 10.1. The Kier molecular flexibility index (Phi) is 5.08. The van der Waals surface area contributed by atoms with Gasteiger partial charge >= 0.3 is 0 Å². The molecule has 1 aliphatic heterocycles. The molecule has 1 aliphatic rings. The molecule has 1 aromatic heterocycles. The minimum Gasteiger partial charge on any atom is -0.347 e. The summed E-state index contributed by atoms with van der Waals surface area (Å²) in [7, 11) is 0. The number of anilines is 1. The number of benzene rings is 1. The molecule has 1 amide bonds. The highest BCUT2D eigenvalue weighted by Crippen LogP contribution is 2.16. The summed E-state index contributed by atoms with van der Waals surface area (Å²) in [5.41, 5.74) is 1.26. The Morgan fingerprint density at radius 3 is 2.74 bits per heavy atom. The van der Waals surface area contributed by atoms with Crippen LogP contribution in [0.25, 0.3) is 0 Å². The highest BCUT2D eigenvalue weighted by molar-refractivity contribution is 6.31. The molecule has 0 bridgehead atoms. The summed E-state index contributed by atoms with van der Waals surface area (Å²) in [6.45, 7) is 2.27. The number of amides is 1. The van der Waals surface area contributed by atoms with Gasteiger partial charge in [-0.1, -0.05) is 29.8 Å². The number of hydrogen-bond donors (Lipinski definition) is 1. The van der Waals surface area contributed by atoms with E-state index in [-0.39, 0.29) is 5.91 Å². The molecule has 6 heteroatoms. The van der Waals surface area contributed by atoms with Crippen LogP contribution < -0.4 is 10.2 Å². The van der Waals surface area contributed by atoms with Crippen molar-refractivity contribution in [3.63, 3.8) is 0 Å². The number of halogens is 1. The molecule has 1 fully saturated rings. The lowest BCUT2D eigenvalue weighted by Gasteiger charge is -2.26. The van der Waals surface area contributed by atoms with Crippen LogP contribution in [0.3, 0.4) is 0 Å². The van der Waals surface area contributed by atoms with E-state index in [2.05, 4.69) is 20.2 Å². The number of carbonyl (C=O) groups excluding carboxylic acids is 1. The van der Waals surface area contributed by atoms with Gasteiger partial charge in [0.1, 0.15) is 5.69 Å². The number of carbonyl (C=O) groups is 1. The van der Waals surface area contributed by atoms with E-state index >= 15 is 0 Å². The first-order valence-electron chi connectivity index (χ1n) is 7.83. The summed E-state index contributed by atoms with van der Waals surface area (Å²) in [4.78, 5) is 23.1. The summed E-state index contributed by atoms with van der Waals surface area (Å²) in [6.07, 6.45) is 5.18. The predicted molar refractivity (Wildman–Crippen MR) is 90.7 cm³/mol. The topological polar surface area (TPSA) is 58.1 Å². The first kappa shape index (κ1) is 15.7. The number of nitrogens with one attached hydrogen (secondary N) is 1. The molecule has 1 saturated heterocycles. The molecule has 0 spiro atoms. The Morgan fingerprint density at radius 2 is 1.96 bits per heavy atom. The SMILES string of the molecule is O=C(NCc1ccccc1Cl)c1ccnc(N2CCCCC2)n1. The van der Waals surface area contributed by atoms with Crippen molar-refractivity contribution in [1.82, 2.24) is 15.3 Å². The Labute approximate surface area is 140 Å². The van der Waals surface area contributed by atoms with Crippen LogP contribution in [0, 0.1) is 0 Å². The van der Waals surface area contributed by atoms with Crippen molar-refractivity contribution in [3.05, 3.63) is 52.8 Å². The van der Waals surface area contributed by atoms with Crippen molar-refractivity contribution >= 4 is 23.5 Å². The third-order valence-corrected chi connectivity index (χ3v) is 4.28. The summed E-state index contributed by atoms with van der Waals surface area (Å²) < 4.78 is 0. The molecule has 0 radical (unpaired) electrons. The van der Waals surface area contributed by atoms with Gasteiger partial charge in [-0.2, -0.15) is 0 Å². The molecule has 3 rings (SSSR count). The minimum absolute atomic E-state index is 0.217. The molecular weight excluding hydrogens is 312 g/mol. The van der Waals surface area contributed by atoms with E-state index in [0.29, 0.717) is 23.2 Å². The normalized spacial score (nSPS) is 14.6. The third kappa shape index (κ3) is 3.99. The summed E-state index contributed by atoms with van der Waals surface area (Å²) in [5, 5.41) is 3.50. The first-order valence-corrected chi connectivity index (χ1v) is 8.21. The fourth-order valence-electron chi connectivity index (χ4n) is 2.63. The van der Waals surface area contributed by atoms with Gasteiger partial charge in [0, 0.05) is 30.9 Å². The zero-order chi connectivity index (χ0) is 16.1. The quantitative estimate of drug-likeness (QED) is 0.936. The van der Waals surface area contributed by atoms with Crippen LogP contribution in [0.4, 0.5) is 5.95 Å². The molecular formula is C17H19ClN4O. The zero-order valence-electron chi connectivity index (χ0n) is 12.8. The van der Waals surface area contributed by atoms with Crippen LogP contribution in [0.15, 0.2) is 36.5 Å². The maximum atomic E-state index is 12.3. The molecule has 2 aromatic rings. The standard InChI is InChI=1S/C17H19ClN4O/c18-14-7-3-2-6-13(14)12-20-16(23)15-8-9-19-17(21-15)22-10-4-1-5-11-22/h2-3,6-9H,1,4-5,10-12H2,(H,20,23). The van der Waals surface area contributed by atoms with Crippen molar-refractivity contribution < 1.29 is 4.79 Å². The maximum Gasteiger partial charge on any atom is 0.270 e. The Hall–Kier alpha value is -2.14. The largest absolute Gasteiger partial charge is 0.347 e. The Morgan fingerprint density at radius 1 is 1.17 bits per heavy atom. The lowest BCUT2D eigenvalue weighted by molar-refractivity contribution is 0.0946. The van der Waals surface area contributed by atoms with Gasteiger partial charge in [0.2, 0.25) is 5.95 Å². The number of hydrogen-bond acceptors (Lipinski definition) is 4. The first-order chi connectivity index (χ1) is 11.2. The van der Waals surface area contributed by atoms with Crippen molar-refractivity contribution in [1.29, 1.82) is 0 Å². The Bertz CT molecular complexity index is 686. The molecule has 2 heterocycles. The van der Waals surface area contributed by atoms with Gasteiger partial charge in [0.05, 0.1) is 0 Å². The summed E-state index contributed by atoms with van der Waals surface area (Å²) in [5.74, 6) is 0.417. The van der Waals surface area contributed by atoms with E-state index in [4.69, 9.17) is 11.6 Å². The number of piperidine rings is 1. The molecule has 1 N–H and O–H groups in total. The number of nitrogens with zero attached hydrogens (tertiary/aromatic N) is 3. The maximum absolute atomic E-state index is 12.3. The van der Waals surface area contributed by atoms with Gasteiger partial charge < -0.3 is 10.2 Å². The molecule has 0 saturated carbocycles. The van der Waals surface area contributed by atoms with Crippen molar-refractivity contribution in [2.24, 2.45) is 0 Å². The smallest absolute Gasteiger partial charge is 0.270 e. The van der Waals surface area contributed by atoms with Gasteiger partial charge in [-0.3, -0.25) is 4.79 Å². The number of rotatable bonds is 4. The molecule has 5 nitrogen and oxygen atoms in total. The molecule has 0 atom stereocenters. The minimum atomic E-state index is -0.217. The van der Waals surface area contributed by atoms with Crippen LogP contribution >= 0.6 is 11.6 Å². The second-order valence-corrected chi connectivity index (χ2v) is 5.97. The van der Waals surface area contributed by atoms with Gasteiger partial charge in [-0.25, -0.2) is 9.97 Å². The summed E-state index contributed by atoms with van der Waals surface area (Å²) in [6, 6.07) is 9.09. The van der Waals surface area contributed by atoms with Crippen LogP contribution in [0.2, 0.25) is 5.02 Å². The zero-order valence-corrected chi connectivity index (χ0v) is 13.6. The fourth-order valence-corrected chi connectivity index (χ4v) is 2.83. The Balaban J connectivity index is 1.66. The van der Waals surface area contributed by atoms with E-state index < -0.39 is 0 Å². The van der Waals surface area contributed by atoms with E-state index in [0.717, 1.165) is 31.5 Å². The van der Waals surface area contributed by atoms with Gasteiger partial charge in [0.15, 0.2) is 0 Å². The van der Waals surface area contributed by atoms with E-state index in [1.807, 2.05) is 24.3 Å². The van der Waals surface area contributed by atoms with Crippen LogP contribution in [0.5, 0.6) is 0 Å². The molecule has 0 aliphatic carbocycles. The second-order valence-electron chi connectivity index (χ2n) is 5.56. The molecule has 1 aromatic carbocycles. The summed E-state index contributed by atoms with van der Waals surface area (Å²) >= 11 is 6.10. The molecule has 23 heavy (non-hydrogen) atoms. The highest BCUT2D eigenvalue weighted by atomic mass is 35.5. The van der Waals surface area contributed by atoms with Crippen molar-refractivity contribution in [2.75, 3.05) is 18.0 Å². The van der Waals surface area contributed by atoms with Crippen LogP contribution in [-0.2, 0) is 6.54 Å². The van der Waals surface area contributed by atoms with Crippen LogP contribution in [-0.4, -0.2) is 29.0 Å². The van der Waals surface area contributed by atoms with Crippen LogP contribution in [0.1, 0.15) is 35.3 Å².